The Hall–Kier alpha value is -2.62. The standard InChI is InChI=1S/C17H14FNO2/c18-15-8-6-14(7-9-15)16(20)10-11-19-12-17(21)13-4-2-1-3-5-13/h1-9,11H,10,12H2. The lowest BCUT2D eigenvalue weighted by Gasteiger charge is -1.98. The van der Waals surface area contributed by atoms with Crippen LogP contribution in [0, 0.1) is 5.82 Å². The Morgan fingerprint density at radius 2 is 1.52 bits per heavy atom. The molecule has 4 heteroatoms. The molecule has 106 valence electrons. The van der Waals surface area contributed by atoms with Gasteiger partial charge in [-0.1, -0.05) is 30.3 Å². The van der Waals surface area contributed by atoms with E-state index in [1.807, 2.05) is 6.07 Å². The van der Waals surface area contributed by atoms with Crippen molar-refractivity contribution in [1.29, 1.82) is 0 Å². The first-order valence-corrected chi connectivity index (χ1v) is 6.52. The molecule has 21 heavy (non-hydrogen) atoms. The topological polar surface area (TPSA) is 46.5 Å². The second-order valence-electron chi connectivity index (χ2n) is 4.45. The van der Waals surface area contributed by atoms with Gasteiger partial charge >= 0.3 is 0 Å². The van der Waals surface area contributed by atoms with E-state index in [2.05, 4.69) is 4.99 Å². The third kappa shape index (κ3) is 4.45. The van der Waals surface area contributed by atoms with E-state index < -0.39 is 0 Å². The molecule has 0 saturated carbocycles. The van der Waals surface area contributed by atoms with Gasteiger partial charge in [-0.3, -0.25) is 14.6 Å². The van der Waals surface area contributed by atoms with Crippen molar-refractivity contribution >= 4 is 17.8 Å². The van der Waals surface area contributed by atoms with Crippen LogP contribution in [0.1, 0.15) is 27.1 Å². The second-order valence-corrected chi connectivity index (χ2v) is 4.45. The van der Waals surface area contributed by atoms with Gasteiger partial charge in [-0.15, -0.1) is 0 Å². The Bertz CT molecular complexity index is 648. The molecule has 0 atom stereocenters. The Kier molecular flexibility index (Phi) is 5.10. The number of carbonyl (C=O) groups is 2. The first-order valence-electron chi connectivity index (χ1n) is 6.52. The molecule has 0 aliphatic heterocycles. The van der Waals surface area contributed by atoms with Gasteiger partial charge in [0, 0.05) is 23.8 Å². The predicted octanol–water partition coefficient (Wildman–Crippen LogP) is 3.35. The number of rotatable bonds is 6. The van der Waals surface area contributed by atoms with Gasteiger partial charge in [0.2, 0.25) is 0 Å². The molecule has 0 N–H and O–H groups in total. The van der Waals surface area contributed by atoms with Gasteiger partial charge in [-0.25, -0.2) is 4.39 Å². The minimum Gasteiger partial charge on any atom is -0.294 e. The van der Waals surface area contributed by atoms with Crippen LogP contribution in [0.2, 0.25) is 0 Å². The molecule has 0 aliphatic carbocycles. The van der Waals surface area contributed by atoms with Gasteiger partial charge in [-0.05, 0) is 24.3 Å². The summed E-state index contributed by atoms with van der Waals surface area (Å²) in [5.74, 6) is -0.638. The summed E-state index contributed by atoms with van der Waals surface area (Å²) in [7, 11) is 0. The third-order valence-corrected chi connectivity index (χ3v) is 2.90. The molecule has 0 amide bonds. The molecule has 0 radical (unpaired) electrons. The molecule has 0 saturated heterocycles. The fourth-order valence-electron chi connectivity index (χ4n) is 1.76. The van der Waals surface area contributed by atoms with Crippen molar-refractivity contribution in [2.24, 2.45) is 4.99 Å². The number of benzene rings is 2. The van der Waals surface area contributed by atoms with E-state index in [9.17, 15) is 14.0 Å². The number of ketones is 2. The number of nitrogens with zero attached hydrogens (tertiary/aromatic N) is 1. The number of aliphatic imine (C=N–C) groups is 1. The lowest BCUT2D eigenvalue weighted by molar-refractivity contribution is 0.0990. The van der Waals surface area contributed by atoms with Gasteiger partial charge in [0.1, 0.15) is 12.4 Å². The molecule has 0 bridgehead atoms. The smallest absolute Gasteiger partial charge is 0.184 e. The number of Topliss-reactive ketones (excluding diaryl/α,β-unsaturated/α-hetero) is 2. The van der Waals surface area contributed by atoms with Crippen molar-refractivity contribution < 1.29 is 14.0 Å². The molecule has 0 aromatic heterocycles. The quantitative estimate of drug-likeness (QED) is 0.603. The fourth-order valence-corrected chi connectivity index (χ4v) is 1.76. The molecule has 2 aromatic rings. The van der Waals surface area contributed by atoms with E-state index in [1.165, 1.54) is 30.5 Å². The maximum Gasteiger partial charge on any atom is 0.184 e. The normalized spacial score (nSPS) is 10.7. The van der Waals surface area contributed by atoms with Crippen molar-refractivity contribution in [2.45, 2.75) is 6.42 Å². The highest BCUT2D eigenvalue weighted by Crippen LogP contribution is 2.05. The summed E-state index contributed by atoms with van der Waals surface area (Å²) in [4.78, 5) is 27.5. The summed E-state index contributed by atoms with van der Waals surface area (Å²) >= 11 is 0. The largest absolute Gasteiger partial charge is 0.294 e. The average molecular weight is 283 g/mol. The maximum atomic E-state index is 12.7. The van der Waals surface area contributed by atoms with E-state index in [0.717, 1.165) is 0 Å². The van der Waals surface area contributed by atoms with Crippen LogP contribution in [0.4, 0.5) is 4.39 Å². The first-order chi connectivity index (χ1) is 10.2. The van der Waals surface area contributed by atoms with Crippen molar-refractivity contribution in [3.05, 3.63) is 71.5 Å². The zero-order valence-electron chi connectivity index (χ0n) is 11.3. The van der Waals surface area contributed by atoms with Crippen LogP contribution in [0.3, 0.4) is 0 Å². The average Bonchev–Trinajstić information content (AvgIpc) is 2.52. The minimum atomic E-state index is -0.381. The lowest BCUT2D eigenvalue weighted by Crippen LogP contribution is -2.04. The van der Waals surface area contributed by atoms with Crippen molar-refractivity contribution in [3.8, 4) is 0 Å². The van der Waals surface area contributed by atoms with Crippen LogP contribution in [-0.4, -0.2) is 24.3 Å². The van der Waals surface area contributed by atoms with Crippen molar-refractivity contribution in [2.75, 3.05) is 6.54 Å². The summed E-state index contributed by atoms with van der Waals surface area (Å²) in [6.45, 7) is 0.0146. The van der Waals surface area contributed by atoms with Gasteiger partial charge in [-0.2, -0.15) is 0 Å². The van der Waals surface area contributed by atoms with Crippen LogP contribution >= 0.6 is 0 Å². The number of carbonyl (C=O) groups excluding carboxylic acids is 2. The van der Waals surface area contributed by atoms with E-state index in [-0.39, 0.29) is 30.3 Å². The number of hydrogen-bond acceptors (Lipinski definition) is 3. The maximum absolute atomic E-state index is 12.7. The summed E-state index contributed by atoms with van der Waals surface area (Å²) < 4.78 is 12.7. The highest BCUT2D eigenvalue weighted by atomic mass is 19.1. The van der Waals surface area contributed by atoms with Crippen LogP contribution in [0.25, 0.3) is 0 Å². The molecule has 0 spiro atoms. The van der Waals surface area contributed by atoms with Gasteiger partial charge in [0.15, 0.2) is 11.6 Å². The Balaban J connectivity index is 1.84. The predicted molar refractivity (Wildman–Crippen MR) is 79.5 cm³/mol. The Morgan fingerprint density at radius 1 is 0.905 bits per heavy atom. The molecule has 0 fully saturated rings. The Labute approximate surface area is 122 Å². The van der Waals surface area contributed by atoms with Gasteiger partial charge in [0.05, 0.1) is 0 Å². The molecule has 2 aromatic carbocycles. The third-order valence-electron chi connectivity index (χ3n) is 2.90. The van der Waals surface area contributed by atoms with Crippen LogP contribution < -0.4 is 0 Å². The van der Waals surface area contributed by atoms with E-state index in [1.54, 1.807) is 24.3 Å². The Morgan fingerprint density at radius 3 is 2.19 bits per heavy atom. The molecular weight excluding hydrogens is 269 g/mol. The SMILES string of the molecule is O=C(CC=NCC(=O)c1ccccc1)c1ccc(F)cc1. The molecule has 0 heterocycles. The summed E-state index contributed by atoms with van der Waals surface area (Å²) in [6, 6.07) is 14.2. The van der Waals surface area contributed by atoms with E-state index >= 15 is 0 Å². The van der Waals surface area contributed by atoms with Gasteiger partial charge in [0.25, 0.3) is 0 Å². The summed E-state index contributed by atoms with van der Waals surface area (Å²) in [6.07, 6.45) is 1.51. The van der Waals surface area contributed by atoms with Crippen LogP contribution in [0.5, 0.6) is 0 Å². The molecule has 2 rings (SSSR count). The number of halogens is 1. The number of hydrogen-bond donors (Lipinski definition) is 0. The summed E-state index contributed by atoms with van der Waals surface area (Å²) in [5.41, 5.74) is 1.02. The fraction of sp³-hybridized carbons (Fsp3) is 0.118. The highest BCUT2D eigenvalue weighted by molar-refractivity contribution is 6.04. The van der Waals surface area contributed by atoms with Gasteiger partial charge < -0.3 is 0 Å². The van der Waals surface area contributed by atoms with E-state index in [0.29, 0.717) is 11.1 Å². The summed E-state index contributed by atoms with van der Waals surface area (Å²) in [5, 5.41) is 0. The highest BCUT2D eigenvalue weighted by Gasteiger charge is 2.05. The zero-order valence-corrected chi connectivity index (χ0v) is 11.3. The van der Waals surface area contributed by atoms with Crippen LogP contribution in [-0.2, 0) is 0 Å². The van der Waals surface area contributed by atoms with Crippen molar-refractivity contribution in [3.63, 3.8) is 0 Å². The molecule has 0 unspecified atom stereocenters. The first kappa shape index (κ1) is 14.8. The van der Waals surface area contributed by atoms with Crippen molar-refractivity contribution in [1.82, 2.24) is 0 Å². The molecule has 3 nitrogen and oxygen atoms in total. The molecular formula is C17H14FNO2. The second kappa shape index (κ2) is 7.24. The minimum absolute atomic E-state index is 0.0146. The van der Waals surface area contributed by atoms with E-state index in [4.69, 9.17) is 0 Å². The lowest BCUT2D eigenvalue weighted by atomic mass is 10.1. The molecule has 0 aliphatic rings. The zero-order chi connectivity index (χ0) is 15.1. The monoisotopic (exact) mass is 283 g/mol. The van der Waals surface area contributed by atoms with Crippen LogP contribution in [0.15, 0.2) is 59.6 Å².